The van der Waals surface area contributed by atoms with Gasteiger partial charge in [-0.2, -0.15) is 0 Å². The second-order valence-electron chi connectivity index (χ2n) is 11.5. The van der Waals surface area contributed by atoms with Crippen LogP contribution >= 0.6 is 7.82 Å². The lowest BCUT2D eigenvalue weighted by Gasteiger charge is -2.39. The van der Waals surface area contributed by atoms with Crippen molar-refractivity contribution >= 4 is 7.82 Å². The van der Waals surface area contributed by atoms with E-state index in [2.05, 4.69) is 21.1 Å². The molecule has 0 amide bonds. The van der Waals surface area contributed by atoms with Crippen molar-refractivity contribution in [2.75, 3.05) is 99.9 Å². The maximum atomic E-state index is 13.6. The molecule has 0 aromatic heterocycles. The lowest BCUT2D eigenvalue weighted by atomic mass is 10.1. The van der Waals surface area contributed by atoms with Crippen LogP contribution in [0.15, 0.2) is 0 Å². The smallest absolute Gasteiger partial charge is 0.324 e. The van der Waals surface area contributed by atoms with Crippen molar-refractivity contribution < 1.29 is 31.6 Å². The molecule has 3 heterocycles. The fraction of sp³-hybridized carbons (Fsp3) is 1.00. The summed E-state index contributed by atoms with van der Waals surface area (Å²) < 4.78 is 34.3. The molecular formula is C24H51N3O4P+3. The highest BCUT2D eigenvalue weighted by atomic mass is 31.2. The third-order valence-electron chi connectivity index (χ3n) is 8.33. The van der Waals surface area contributed by atoms with Crippen molar-refractivity contribution in [3.63, 3.8) is 0 Å². The Labute approximate surface area is 197 Å². The number of rotatable bonds is 12. The molecular weight excluding hydrogens is 425 g/mol. The van der Waals surface area contributed by atoms with Gasteiger partial charge in [-0.3, -0.25) is 13.6 Å². The number of hydrogen-bond donors (Lipinski definition) is 0. The molecule has 0 N–H and O–H groups in total. The van der Waals surface area contributed by atoms with Crippen LogP contribution in [-0.4, -0.2) is 113 Å². The summed E-state index contributed by atoms with van der Waals surface area (Å²) in [5.74, 6) is 0. The molecule has 0 saturated carbocycles. The Morgan fingerprint density at radius 3 is 1.00 bits per heavy atom. The van der Waals surface area contributed by atoms with Gasteiger partial charge in [0.15, 0.2) is 0 Å². The van der Waals surface area contributed by atoms with Gasteiger partial charge in [0.2, 0.25) is 0 Å². The van der Waals surface area contributed by atoms with Gasteiger partial charge in [0.25, 0.3) is 0 Å². The molecule has 0 bridgehead atoms. The number of hydrogen-bond acceptors (Lipinski definition) is 4. The van der Waals surface area contributed by atoms with Crippen molar-refractivity contribution in [2.45, 2.75) is 57.8 Å². The minimum atomic E-state index is -3.54. The molecule has 3 fully saturated rings. The van der Waals surface area contributed by atoms with E-state index in [9.17, 15) is 4.57 Å². The standard InChI is InChI=1S/C24H51N3O4P/c1-25(13-7-4-8-14-25)19-22-29-32(28,30-23-20-26(2)15-9-5-10-16-26)31-24-21-27(3)17-11-6-12-18-27/h4-24H2,1-3H3/q+3. The summed E-state index contributed by atoms with van der Waals surface area (Å²) in [6.07, 6.45) is 11.6. The van der Waals surface area contributed by atoms with Crippen LogP contribution in [-0.2, 0) is 18.1 Å². The molecule has 3 aliphatic rings. The Balaban J connectivity index is 1.50. The highest BCUT2D eigenvalue weighted by Gasteiger charge is 2.34. The first-order chi connectivity index (χ1) is 15.2. The molecule has 8 heteroatoms. The molecule has 0 spiro atoms. The van der Waals surface area contributed by atoms with Crippen molar-refractivity contribution in [1.82, 2.24) is 0 Å². The van der Waals surface area contributed by atoms with Gasteiger partial charge >= 0.3 is 7.82 Å². The summed E-state index contributed by atoms with van der Waals surface area (Å²) >= 11 is 0. The van der Waals surface area contributed by atoms with E-state index in [1.807, 2.05) is 0 Å². The quantitative estimate of drug-likeness (QED) is 0.315. The zero-order valence-electron chi connectivity index (χ0n) is 21.3. The van der Waals surface area contributed by atoms with E-state index >= 15 is 0 Å². The van der Waals surface area contributed by atoms with E-state index in [1.54, 1.807) is 0 Å². The van der Waals surface area contributed by atoms with Crippen LogP contribution in [0.4, 0.5) is 0 Å². The van der Waals surface area contributed by atoms with Gasteiger partial charge in [0.05, 0.1) is 60.4 Å². The summed E-state index contributed by atoms with van der Waals surface area (Å²) in [6, 6.07) is 0. The number of phosphoric ester groups is 1. The molecule has 3 aliphatic heterocycles. The minimum Gasteiger partial charge on any atom is -0.324 e. The highest BCUT2D eigenvalue weighted by molar-refractivity contribution is 7.48. The first-order valence-corrected chi connectivity index (χ1v) is 14.7. The first kappa shape index (κ1) is 26.6. The third-order valence-corrected chi connectivity index (χ3v) is 9.83. The van der Waals surface area contributed by atoms with Crippen molar-refractivity contribution in [3.8, 4) is 0 Å². The molecule has 3 saturated heterocycles. The Kier molecular flexibility index (Phi) is 10.1. The van der Waals surface area contributed by atoms with Crippen LogP contribution in [0.5, 0.6) is 0 Å². The maximum Gasteiger partial charge on any atom is 0.475 e. The van der Waals surface area contributed by atoms with Gasteiger partial charge in [0, 0.05) is 0 Å². The first-order valence-electron chi connectivity index (χ1n) is 13.3. The predicted molar refractivity (Wildman–Crippen MR) is 129 cm³/mol. The summed E-state index contributed by atoms with van der Waals surface area (Å²) in [6.45, 7) is 11.0. The van der Waals surface area contributed by atoms with Gasteiger partial charge in [0.1, 0.15) is 39.5 Å². The average Bonchev–Trinajstić information content (AvgIpc) is 2.75. The summed E-state index contributed by atoms with van der Waals surface area (Å²) in [5, 5.41) is 0. The summed E-state index contributed by atoms with van der Waals surface area (Å²) in [5.41, 5.74) is 0. The number of quaternary nitrogens is 3. The highest BCUT2D eigenvalue weighted by Crippen LogP contribution is 2.49. The number of nitrogens with zero attached hydrogens (tertiary/aromatic N) is 3. The lowest BCUT2D eigenvalue weighted by Crippen LogP contribution is -2.50. The van der Waals surface area contributed by atoms with E-state index in [0.29, 0.717) is 19.8 Å². The van der Waals surface area contributed by atoms with Crippen LogP contribution in [0.25, 0.3) is 0 Å². The minimum absolute atomic E-state index is 0.437. The molecule has 0 radical (unpaired) electrons. The van der Waals surface area contributed by atoms with E-state index < -0.39 is 7.82 Å². The van der Waals surface area contributed by atoms with Crippen molar-refractivity contribution in [3.05, 3.63) is 0 Å². The molecule has 32 heavy (non-hydrogen) atoms. The molecule has 188 valence electrons. The van der Waals surface area contributed by atoms with Crippen molar-refractivity contribution in [2.24, 2.45) is 0 Å². The average molecular weight is 477 g/mol. The molecule has 3 rings (SSSR count). The lowest BCUT2D eigenvalue weighted by molar-refractivity contribution is -0.914. The summed E-state index contributed by atoms with van der Waals surface area (Å²) in [7, 11) is 3.33. The monoisotopic (exact) mass is 476 g/mol. The predicted octanol–water partition coefficient (Wildman–Crippen LogP) is 4.04. The van der Waals surface area contributed by atoms with Crippen LogP contribution in [0, 0.1) is 0 Å². The Hall–Kier alpha value is -0.0100. The number of piperidine rings is 3. The normalized spacial score (nSPS) is 25.5. The van der Waals surface area contributed by atoms with Gasteiger partial charge in [-0.25, -0.2) is 4.57 Å². The molecule has 0 aromatic rings. The van der Waals surface area contributed by atoms with Gasteiger partial charge < -0.3 is 13.4 Å². The maximum absolute atomic E-state index is 13.6. The molecule has 0 atom stereocenters. The summed E-state index contributed by atoms with van der Waals surface area (Å²) in [4.78, 5) is 0. The van der Waals surface area contributed by atoms with E-state index in [4.69, 9.17) is 13.6 Å². The fourth-order valence-corrected chi connectivity index (χ4v) is 6.87. The fourth-order valence-electron chi connectivity index (χ4n) is 5.73. The van der Waals surface area contributed by atoms with Crippen molar-refractivity contribution in [1.29, 1.82) is 0 Å². The SMILES string of the molecule is C[N+]1(CCOP(=O)(OCC[N+]2(C)CCCCC2)OCC[N+]2(C)CCCCC2)CCCCC1. The molecule has 0 aliphatic carbocycles. The van der Waals surface area contributed by atoms with Crippen LogP contribution < -0.4 is 0 Å². The van der Waals surface area contributed by atoms with Gasteiger partial charge in [-0.15, -0.1) is 0 Å². The number of phosphoric acid groups is 1. The number of likely N-dealkylation sites (N-methyl/N-ethyl adjacent to an activating group) is 3. The molecule has 0 aromatic carbocycles. The van der Waals surface area contributed by atoms with E-state index in [-0.39, 0.29) is 0 Å². The largest absolute Gasteiger partial charge is 0.475 e. The Morgan fingerprint density at radius 2 is 0.750 bits per heavy atom. The molecule has 7 nitrogen and oxygen atoms in total. The van der Waals surface area contributed by atoms with Crippen LogP contribution in [0.2, 0.25) is 0 Å². The zero-order chi connectivity index (χ0) is 23.0. The van der Waals surface area contributed by atoms with Crippen LogP contribution in [0.1, 0.15) is 57.8 Å². The second-order valence-corrected chi connectivity index (χ2v) is 13.2. The second kappa shape index (κ2) is 12.1. The van der Waals surface area contributed by atoms with E-state index in [1.165, 1.54) is 97.1 Å². The van der Waals surface area contributed by atoms with E-state index in [0.717, 1.165) is 33.1 Å². The molecule has 0 unspecified atom stereocenters. The van der Waals surface area contributed by atoms with Crippen LogP contribution in [0.3, 0.4) is 0 Å². The zero-order valence-corrected chi connectivity index (χ0v) is 22.2. The topological polar surface area (TPSA) is 44.8 Å². The van der Waals surface area contributed by atoms with Gasteiger partial charge in [-0.05, 0) is 57.8 Å². The Bertz CT molecular complexity index is 519. The Morgan fingerprint density at radius 1 is 0.500 bits per heavy atom. The number of likely N-dealkylation sites (tertiary alicyclic amines) is 3. The van der Waals surface area contributed by atoms with Gasteiger partial charge in [-0.1, -0.05) is 0 Å². The third kappa shape index (κ3) is 8.65.